The summed E-state index contributed by atoms with van der Waals surface area (Å²) in [6.07, 6.45) is 7.67. The van der Waals surface area contributed by atoms with Gasteiger partial charge >= 0.3 is 11.9 Å². The minimum atomic E-state index is -4.41. The zero-order valence-corrected chi connectivity index (χ0v) is 66.4. The highest BCUT2D eigenvalue weighted by molar-refractivity contribution is 7.92. The Hall–Kier alpha value is -8.12. The summed E-state index contributed by atoms with van der Waals surface area (Å²) in [6, 6.07) is 22.0. The number of nitrogens with two attached hydrogens (primary N) is 3. The number of nitro groups is 3. The van der Waals surface area contributed by atoms with Gasteiger partial charge in [0.05, 0.1) is 66.6 Å². The number of piperazine rings is 1. The summed E-state index contributed by atoms with van der Waals surface area (Å²) >= 11 is 0. The second kappa shape index (κ2) is 40.6. The third kappa shape index (κ3) is 26.0. The minimum absolute atomic E-state index is 0. The highest BCUT2D eigenvalue weighted by Gasteiger charge is 2.35. The van der Waals surface area contributed by atoms with Gasteiger partial charge in [-0.15, -0.1) is 12.4 Å². The lowest BCUT2D eigenvalue weighted by molar-refractivity contribution is -0.387. The average Bonchev–Trinajstić information content (AvgIpc) is 0.979. The maximum Gasteiger partial charge on any atom is 0.416 e. The number of sulfone groups is 1. The molecule has 608 valence electrons. The number of fused-ring (bicyclic) bond motifs is 1. The van der Waals surface area contributed by atoms with Gasteiger partial charge in [-0.2, -0.15) is 44.6 Å². The van der Waals surface area contributed by atoms with Crippen molar-refractivity contribution in [1.82, 2.24) is 14.9 Å². The van der Waals surface area contributed by atoms with Crippen LogP contribution in [0.4, 0.5) is 51.7 Å². The SMILES string of the molecule is Cc1cc(C(F)(F)F)ccc1C1=C(CN2CCN(c3ccc(C(=O)CS(=O)(=O)c4ccc(NC[C@@H]5CCCOC5)c([N+](=O)[O-])c4)c(Oc4cnc5[nH]ccc5c4)c3)CC2)CCC(C)(C)C1.Cl.NC[C@@H]1CCCOC1.NS(=O)(=O)c1ccc(F)c([N+](=O)[O-])c1.NS(=O)(=O)c1ccc(NC[C@@H]2CCCOC2)c([N+](=O)[O-])c1.S.S. The molecule has 5 aromatic carbocycles. The van der Waals surface area contributed by atoms with Gasteiger partial charge in [-0.05, 0) is 184 Å². The van der Waals surface area contributed by atoms with Crippen molar-refractivity contribution in [3.8, 4) is 11.5 Å². The van der Waals surface area contributed by atoms with Crippen molar-refractivity contribution in [3.63, 3.8) is 0 Å². The smallest absolute Gasteiger partial charge is 0.416 e. The molecule has 39 heteroatoms. The maximum absolute atomic E-state index is 14.0. The first kappa shape index (κ1) is 91.8. The van der Waals surface area contributed by atoms with Gasteiger partial charge in [-0.1, -0.05) is 25.5 Å². The van der Waals surface area contributed by atoms with Gasteiger partial charge in [0.1, 0.15) is 34.3 Å². The number of benzene rings is 5. The molecule has 5 aliphatic rings. The van der Waals surface area contributed by atoms with E-state index in [2.05, 4.69) is 44.2 Å². The van der Waals surface area contributed by atoms with Crippen LogP contribution in [-0.4, -0.2) is 158 Å². The molecule has 7 aromatic rings. The van der Waals surface area contributed by atoms with E-state index < -0.39 is 90.0 Å². The van der Waals surface area contributed by atoms with Crippen molar-refractivity contribution < 1.29 is 81.3 Å². The molecule has 0 unspecified atom stereocenters. The van der Waals surface area contributed by atoms with E-state index in [0.29, 0.717) is 101 Å². The number of aromatic nitrogens is 2. The van der Waals surface area contributed by atoms with Gasteiger partial charge in [0.15, 0.2) is 15.6 Å². The van der Waals surface area contributed by atoms with Crippen LogP contribution in [0.25, 0.3) is 16.6 Å². The van der Waals surface area contributed by atoms with Crippen molar-refractivity contribution >= 4 is 126 Å². The molecule has 0 amide bonds. The number of hydrogen-bond acceptors (Lipinski definition) is 23. The summed E-state index contributed by atoms with van der Waals surface area (Å²) in [6.45, 7) is 15.7. The first-order valence-electron chi connectivity index (χ1n) is 34.9. The van der Waals surface area contributed by atoms with E-state index in [-0.39, 0.29) is 94.8 Å². The van der Waals surface area contributed by atoms with Gasteiger partial charge < -0.3 is 45.2 Å². The number of ketones is 1. The van der Waals surface area contributed by atoms with Gasteiger partial charge in [0.25, 0.3) is 11.4 Å². The Morgan fingerprint density at radius 3 is 1.74 bits per heavy atom. The number of primary sulfonamides is 2. The number of Topliss-reactive ketones (excluding diaryl/α,β-unsaturated/α-hetero) is 1. The van der Waals surface area contributed by atoms with Gasteiger partial charge in [0, 0.05) is 107 Å². The Balaban J connectivity index is 0.000000337. The number of nitrogens with one attached hydrogen (secondary N) is 3. The van der Waals surface area contributed by atoms with E-state index in [9.17, 15) is 78.0 Å². The average molecular weight is 1670 g/mol. The number of nitro benzene ring substituents is 3. The topological polar surface area (TPSA) is 423 Å². The standard InChI is InChI=1S/C48H53F3N6O7S.C12H17N3O5S.C6H5FN2O4S.C6H13NO.ClH.2H2S/c1-31-21-35(48(49,50)51)6-9-39(31)41-25-47(2,3)14-12-34(41)28-55-16-18-56(19-17-55)36-7-10-40(45(23-36)64-37-22-33-13-15-52-46(33)54-27-37)44(58)30-65(61,62)38-8-11-42(43(24-38)57(59)60)53-26-32-5-4-20-63-29-32;13-21(18,19)10-3-4-11(12(6-10)15(16)17)14-7-9-2-1-5-20-8-9;7-5-2-1-4(14(8,12)13)3-6(5)9(10)11;7-4-6-2-1-3-8-5-6;;;/h6-11,13,15,21-24,27,32,53H,4-5,12,14,16-20,25-26,28-30H2,1-3H3,(H,52,54);3-4,6,9,14H,1-2,5,7-8H2,(H2,13,18,19);1-3H,(H2,8,12,13);6H,1-5,7H2;1H;2*1H2/t32-;9-;;6-;;;/m00.0.../s1. The van der Waals surface area contributed by atoms with Gasteiger partial charge in [-0.3, -0.25) is 40.0 Å². The van der Waals surface area contributed by atoms with Crippen LogP contribution in [0.1, 0.15) is 98.7 Å². The molecule has 29 nitrogen and oxygen atoms in total. The third-order valence-electron chi connectivity index (χ3n) is 19.1. The normalized spacial score (nSPS) is 18.1. The summed E-state index contributed by atoms with van der Waals surface area (Å²) in [7, 11) is -12.4. The molecule has 0 saturated carbocycles. The fourth-order valence-corrected chi connectivity index (χ4v) is 15.4. The number of carbonyl (C=O) groups is 1. The molecule has 9 N–H and O–H groups in total. The van der Waals surface area contributed by atoms with E-state index in [1.54, 1.807) is 43.5 Å². The van der Waals surface area contributed by atoms with Gasteiger partial charge in [-0.25, -0.2) is 40.5 Å². The molecule has 1 aliphatic carbocycles. The molecule has 0 spiro atoms. The summed E-state index contributed by atoms with van der Waals surface area (Å²) in [5.41, 5.74) is 8.87. The number of anilines is 3. The molecule has 2 aromatic heterocycles. The number of sulfonamides is 2. The lowest BCUT2D eigenvalue weighted by Gasteiger charge is -2.39. The second-order valence-electron chi connectivity index (χ2n) is 27.8. The van der Waals surface area contributed by atoms with Crippen molar-refractivity contribution in [2.45, 2.75) is 99.4 Å². The fourth-order valence-electron chi connectivity index (χ4n) is 13.1. The fraction of sp³-hybridized carbons (Fsp3) is 0.444. The Kier molecular flexibility index (Phi) is 33.5. The number of aryl methyl sites for hydroxylation is 1. The highest BCUT2D eigenvalue weighted by Crippen LogP contribution is 2.45. The number of rotatable bonds is 22. The number of nitrogens with zero attached hydrogens (tertiary/aromatic N) is 6. The number of alkyl halides is 3. The van der Waals surface area contributed by atoms with Crippen LogP contribution in [-0.2, 0) is 50.3 Å². The Labute approximate surface area is 660 Å². The van der Waals surface area contributed by atoms with Crippen LogP contribution in [0.3, 0.4) is 0 Å². The molecule has 0 radical (unpaired) electrons. The molecule has 12 rings (SSSR count). The third-order valence-corrected chi connectivity index (χ3v) is 22.6. The summed E-state index contributed by atoms with van der Waals surface area (Å²) < 4.78 is 147. The zero-order valence-electron chi connectivity index (χ0n) is 61.2. The Morgan fingerprint density at radius 2 is 1.23 bits per heavy atom. The first-order valence-corrected chi connectivity index (χ1v) is 39.6. The molecule has 0 bridgehead atoms. The number of allylic oxidation sites excluding steroid dienone is 1. The zero-order chi connectivity index (χ0) is 78.3. The predicted octanol–water partition coefficient (Wildman–Crippen LogP) is 12.4. The van der Waals surface area contributed by atoms with Crippen LogP contribution in [0.15, 0.2) is 136 Å². The summed E-state index contributed by atoms with van der Waals surface area (Å²) in [5, 5.41) is 49.9. The van der Waals surface area contributed by atoms with Crippen LogP contribution >= 0.6 is 39.4 Å². The molecule has 3 atom stereocenters. The number of pyridine rings is 1. The highest BCUT2D eigenvalue weighted by atomic mass is 35.5. The number of H-pyrrole nitrogens is 1. The number of hydrogen-bond donors (Lipinski definition) is 6. The van der Waals surface area contributed by atoms with Crippen molar-refractivity contribution in [1.29, 1.82) is 0 Å². The minimum Gasteiger partial charge on any atom is -0.455 e. The summed E-state index contributed by atoms with van der Waals surface area (Å²) in [4.78, 5) is 56.0. The quantitative estimate of drug-likeness (QED) is 0.0159. The summed E-state index contributed by atoms with van der Waals surface area (Å²) in [5.74, 6) is -1.26. The van der Waals surface area contributed by atoms with E-state index in [0.717, 1.165) is 112 Å². The lowest BCUT2D eigenvalue weighted by atomic mass is 9.72. The molecular weight excluding hydrogens is 1580 g/mol. The molecule has 4 saturated heterocycles. The molecule has 4 aliphatic heterocycles. The Morgan fingerprint density at radius 1 is 0.703 bits per heavy atom. The van der Waals surface area contributed by atoms with E-state index >= 15 is 0 Å². The maximum atomic E-state index is 14.0. The number of halogens is 5. The largest absolute Gasteiger partial charge is 0.455 e. The monoisotopic (exact) mass is 1670 g/mol. The lowest BCUT2D eigenvalue weighted by Crippen LogP contribution is -2.47. The number of ether oxygens (including phenoxy) is 4. The predicted molar refractivity (Wildman–Crippen MR) is 425 cm³/mol. The molecular formula is C72H93ClF4N12O17S5. The number of aromatic amines is 1. The number of carbonyl (C=O) groups excluding carboxylic acids is 1. The van der Waals surface area contributed by atoms with E-state index in [1.165, 1.54) is 61.0 Å². The van der Waals surface area contributed by atoms with E-state index in [1.807, 2.05) is 6.07 Å². The van der Waals surface area contributed by atoms with Crippen molar-refractivity contribution in [2.75, 3.05) is 113 Å². The van der Waals surface area contributed by atoms with Crippen LogP contribution in [0.5, 0.6) is 11.5 Å². The molecule has 6 heterocycles. The van der Waals surface area contributed by atoms with Crippen LogP contribution < -0.4 is 36.3 Å². The van der Waals surface area contributed by atoms with Crippen LogP contribution in [0, 0.1) is 66.3 Å². The molecule has 111 heavy (non-hydrogen) atoms. The van der Waals surface area contributed by atoms with E-state index in [4.69, 9.17) is 35.0 Å². The Bertz CT molecular complexity index is 4790. The first-order chi connectivity index (χ1) is 51.0. The van der Waals surface area contributed by atoms with Crippen molar-refractivity contribution in [3.05, 3.63) is 180 Å². The van der Waals surface area contributed by atoms with Gasteiger partial charge in [0.2, 0.25) is 25.9 Å². The van der Waals surface area contributed by atoms with Crippen LogP contribution in [0.2, 0.25) is 0 Å². The molecule has 4 fully saturated rings. The second-order valence-corrected chi connectivity index (χ2v) is 33.0. The van der Waals surface area contributed by atoms with Crippen molar-refractivity contribution in [2.24, 2.45) is 39.2 Å².